The van der Waals surface area contributed by atoms with Gasteiger partial charge in [0.2, 0.25) is 0 Å². The Hall–Kier alpha value is -3.20. The number of amides is 1. The first kappa shape index (κ1) is 30.8. The number of rotatable bonds is 7. The van der Waals surface area contributed by atoms with Crippen LogP contribution in [0.25, 0.3) is 0 Å². The highest BCUT2D eigenvalue weighted by molar-refractivity contribution is 5.82. The monoisotopic (exact) mass is 572 g/mol. The zero-order valence-electron chi connectivity index (χ0n) is 24.9. The molecule has 2 aromatic rings. The van der Waals surface area contributed by atoms with E-state index in [0.717, 1.165) is 25.7 Å². The van der Waals surface area contributed by atoms with Gasteiger partial charge in [-0.05, 0) is 90.1 Å². The SMILES string of the molecule is COC(=O)[C@@H]1C[C@H](Oc2c(F)ccc(C[C@H]3CC[C@](c4ccccc4)(N(C)C)CC3)c2F)CN1C(=O)OC(C)(C)C. The second-order valence-electron chi connectivity index (χ2n) is 12.4. The van der Waals surface area contributed by atoms with E-state index in [0.29, 0.717) is 12.0 Å². The van der Waals surface area contributed by atoms with Gasteiger partial charge in [-0.25, -0.2) is 18.4 Å². The number of ether oxygens (including phenoxy) is 3. The first-order valence-electron chi connectivity index (χ1n) is 14.3. The molecule has 1 saturated carbocycles. The van der Waals surface area contributed by atoms with Crippen molar-refractivity contribution < 1.29 is 32.6 Å². The predicted octanol–water partition coefficient (Wildman–Crippen LogP) is 6.08. The fraction of sp³-hybridized carbons (Fsp3) is 0.562. The summed E-state index contributed by atoms with van der Waals surface area (Å²) in [7, 11) is 5.43. The Bertz CT molecular complexity index is 1220. The molecule has 2 atom stereocenters. The van der Waals surface area contributed by atoms with Gasteiger partial charge in [-0.15, -0.1) is 0 Å². The molecule has 1 heterocycles. The van der Waals surface area contributed by atoms with Gasteiger partial charge in [0, 0.05) is 12.0 Å². The van der Waals surface area contributed by atoms with Gasteiger partial charge in [-0.2, -0.15) is 0 Å². The first-order chi connectivity index (χ1) is 19.3. The normalized spacial score (nSPS) is 24.8. The molecule has 1 aliphatic carbocycles. The Labute approximate surface area is 241 Å². The molecule has 0 radical (unpaired) electrons. The molecule has 0 aromatic heterocycles. The van der Waals surface area contributed by atoms with Crippen molar-refractivity contribution in [2.24, 2.45) is 5.92 Å². The summed E-state index contributed by atoms with van der Waals surface area (Å²) in [5.74, 6) is -2.43. The summed E-state index contributed by atoms with van der Waals surface area (Å²) in [5.41, 5.74) is 0.839. The van der Waals surface area contributed by atoms with Gasteiger partial charge in [0.15, 0.2) is 17.4 Å². The van der Waals surface area contributed by atoms with E-state index in [2.05, 4.69) is 43.3 Å². The quantitative estimate of drug-likeness (QED) is 0.375. The van der Waals surface area contributed by atoms with Crippen LogP contribution in [0.4, 0.5) is 13.6 Å². The summed E-state index contributed by atoms with van der Waals surface area (Å²) in [6.07, 6.45) is 2.69. The van der Waals surface area contributed by atoms with Crippen LogP contribution in [0.3, 0.4) is 0 Å². The molecule has 0 bridgehead atoms. The van der Waals surface area contributed by atoms with Gasteiger partial charge in [-0.1, -0.05) is 36.4 Å². The summed E-state index contributed by atoms with van der Waals surface area (Å²) in [6.45, 7) is 5.08. The Morgan fingerprint density at radius 3 is 2.29 bits per heavy atom. The summed E-state index contributed by atoms with van der Waals surface area (Å²) in [6, 6.07) is 12.2. The van der Waals surface area contributed by atoms with E-state index >= 15 is 4.39 Å². The molecule has 1 aliphatic heterocycles. The zero-order chi connectivity index (χ0) is 29.9. The minimum Gasteiger partial charge on any atom is -0.482 e. The third-order valence-electron chi connectivity index (χ3n) is 8.39. The van der Waals surface area contributed by atoms with E-state index < -0.39 is 47.2 Å². The average Bonchev–Trinajstić information content (AvgIpc) is 3.36. The number of carbonyl (C=O) groups is 2. The van der Waals surface area contributed by atoms with E-state index in [1.165, 1.54) is 29.7 Å². The lowest BCUT2D eigenvalue weighted by Crippen LogP contribution is -2.44. The van der Waals surface area contributed by atoms with Crippen LogP contribution in [0.2, 0.25) is 0 Å². The van der Waals surface area contributed by atoms with Crippen LogP contribution in [0, 0.1) is 17.6 Å². The van der Waals surface area contributed by atoms with Gasteiger partial charge >= 0.3 is 12.1 Å². The topological polar surface area (TPSA) is 68.3 Å². The van der Waals surface area contributed by atoms with E-state index in [1.54, 1.807) is 20.8 Å². The number of nitrogens with zero attached hydrogens (tertiary/aromatic N) is 2. The minimum absolute atomic E-state index is 0.0315. The average molecular weight is 573 g/mol. The van der Waals surface area contributed by atoms with Crippen molar-refractivity contribution in [1.82, 2.24) is 9.80 Å². The molecule has 1 saturated heterocycles. The van der Waals surface area contributed by atoms with Gasteiger partial charge in [0.1, 0.15) is 17.7 Å². The Kier molecular flexibility index (Phi) is 9.26. The lowest BCUT2D eigenvalue weighted by Gasteiger charge is -2.45. The molecule has 2 fully saturated rings. The van der Waals surface area contributed by atoms with Crippen molar-refractivity contribution in [2.75, 3.05) is 27.7 Å². The molecule has 4 rings (SSSR count). The molecular weight excluding hydrogens is 530 g/mol. The number of methoxy groups -OCH3 is 1. The second kappa shape index (κ2) is 12.3. The standard InChI is InChI=1S/C32H42F2N2O5/c1-31(2,3)41-30(38)36-20-24(19-26(36)29(37)39-6)40-28-25(33)13-12-22(27(28)34)18-21-14-16-32(17-15-21,35(4)5)23-10-8-7-9-11-23/h7-13,21,24,26H,14-20H2,1-6H3/t21-,24-,26-,32-/m0/s1. The molecule has 0 unspecified atom stereocenters. The molecule has 9 heteroatoms. The highest BCUT2D eigenvalue weighted by Gasteiger charge is 2.44. The fourth-order valence-corrected chi connectivity index (χ4v) is 6.18. The highest BCUT2D eigenvalue weighted by Crippen LogP contribution is 2.44. The van der Waals surface area contributed by atoms with Crippen molar-refractivity contribution in [3.63, 3.8) is 0 Å². The molecule has 7 nitrogen and oxygen atoms in total. The first-order valence-corrected chi connectivity index (χ1v) is 14.3. The number of halogens is 2. The van der Waals surface area contributed by atoms with Gasteiger partial charge in [0.25, 0.3) is 0 Å². The number of esters is 1. The molecule has 0 N–H and O–H groups in total. The summed E-state index contributed by atoms with van der Waals surface area (Å²) >= 11 is 0. The number of hydrogen-bond donors (Lipinski definition) is 0. The van der Waals surface area contributed by atoms with Gasteiger partial charge in [-0.3, -0.25) is 9.80 Å². The number of carbonyl (C=O) groups excluding carboxylic acids is 2. The molecule has 41 heavy (non-hydrogen) atoms. The van der Waals surface area contributed by atoms with E-state index in [1.807, 2.05) is 6.07 Å². The highest BCUT2D eigenvalue weighted by atomic mass is 19.1. The molecule has 0 spiro atoms. The van der Waals surface area contributed by atoms with Crippen LogP contribution in [-0.2, 0) is 26.2 Å². The maximum Gasteiger partial charge on any atom is 0.411 e. The lowest BCUT2D eigenvalue weighted by atomic mass is 9.70. The molecule has 1 amide bonds. The van der Waals surface area contributed by atoms with Crippen LogP contribution in [0.5, 0.6) is 5.75 Å². The maximum absolute atomic E-state index is 15.7. The lowest BCUT2D eigenvalue weighted by molar-refractivity contribution is -0.145. The molecule has 2 aliphatic rings. The summed E-state index contributed by atoms with van der Waals surface area (Å²) < 4.78 is 46.7. The number of benzene rings is 2. The van der Waals surface area contributed by atoms with E-state index in [-0.39, 0.29) is 24.4 Å². The van der Waals surface area contributed by atoms with Gasteiger partial charge in [0.05, 0.1) is 13.7 Å². The zero-order valence-corrected chi connectivity index (χ0v) is 24.9. The van der Waals surface area contributed by atoms with Crippen molar-refractivity contribution in [2.45, 2.75) is 82.6 Å². The van der Waals surface area contributed by atoms with E-state index in [9.17, 15) is 14.0 Å². The predicted molar refractivity (Wildman–Crippen MR) is 152 cm³/mol. The van der Waals surface area contributed by atoms with Crippen molar-refractivity contribution in [3.05, 3.63) is 65.2 Å². The third kappa shape index (κ3) is 6.83. The Morgan fingerprint density at radius 1 is 1.05 bits per heavy atom. The van der Waals surface area contributed by atoms with Gasteiger partial charge < -0.3 is 14.2 Å². The van der Waals surface area contributed by atoms with Crippen molar-refractivity contribution in [1.29, 1.82) is 0 Å². The molecular formula is C32H42F2N2O5. The largest absolute Gasteiger partial charge is 0.482 e. The van der Waals surface area contributed by atoms with Crippen LogP contribution in [0.1, 0.15) is 64.0 Å². The minimum atomic E-state index is -0.974. The summed E-state index contributed by atoms with van der Waals surface area (Å²) in [4.78, 5) is 28.7. The Morgan fingerprint density at radius 2 is 1.71 bits per heavy atom. The van der Waals surface area contributed by atoms with Crippen LogP contribution >= 0.6 is 0 Å². The fourth-order valence-electron chi connectivity index (χ4n) is 6.18. The van der Waals surface area contributed by atoms with Crippen molar-refractivity contribution >= 4 is 12.1 Å². The van der Waals surface area contributed by atoms with Crippen LogP contribution < -0.4 is 4.74 Å². The third-order valence-corrected chi connectivity index (χ3v) is 8.39. The smallest absolute Gasteiger partial charge is 0.411 e. The van der Waals surface area contributed by atoms with Crippen LogP contribution in [-0.4, -0.2) is 67.4 Å². The summed E-state index contributed by atoms with van der Waals surface area (Å²) in [5, 5.41) is 0. The molecule has 2 aromatic carbocycles. The number of likely N-dealkylation sites (tertiary alicyclic amines) is 1. The molecule has 224 valence electrons. The number of hydrogen-bond acceptors (Lipinski definition) is 6. The van der Waals surface area contributed by atoms with E-state index in [4.69, 9.17) is 14.2 Å². The van der Waals surface area contributed by atoms with Crippen LogP contribution in [0.15, 0.2) is 42.5 Å². The maximum atomic E-state index is 15.7. The Balaban J connectivity index is 1.46. The second-order valence-corrected chi connectivity index (χ2v) is 12.4. The van der Waals surface area contributed by atoms with Crippen molar-refractivity contribution in [3.8, 4) is 5.75 Å².